The minimum Gasteiger partial charge on any atom is -0.454 e. The molecule has 3 aliphatic rings. The van der Waals surface area contributed by atoms with Gasteiger partial charge in [-0.3, -0.25) is 9.59 Å². The van der Waals surface area contributed by atoms with Crippen LogP contribution in [0.15, 0.2) is 30.4 Å². The first-order valence-electron chi connectivity index (χ1n) is 10.1. The van der Waals surface area contributed by atoms with Gasteiger partial charge in [0.15, 0.2) is 11.5 Å². The Morgan fingerprint density at radius 3 is 2.69 bits per heavy atom. The third-order valence-corrected chi connectivity index (χ3v) is 5.48. The molecule has 8 nitrogen and oxygen atoms in total. The molecule has 0 radical (unpaired) electrons. The van der Waals surface area contributed by atoms with Gasteiger partial charge in [-0.2, -0.15) is 0 Å². The van der Waals surface area contributed by atoms with Crippen LogP contribution in [0.5, 0.6) is 11.5 Å². The topological polar surface area (TPSA) is 97.3 Å². The number of amides is 2. The molecule has 0 bridgehead atoms. The van der Waals surface area contributed by atoms with Crippen molar-refractivity contribution in [2.24, 2.45) is 0 Å². The van der Waals surface area contributed by atoms with Gasteiger partial charge in [0.1, 0.15) is 6.10 Å². The maximum absolute atomic E-state index is 12.6. The smallest absolute Gasteiger partial charge is 0.251 e. The number of carbonyl (C=O) groups excluding carboxylic acids is 2. The highest BCUT2D eigenvalue weighted by atomic mass is 16.7. The molecule has 0 aromatic heterocycles. The average molecular weight is 402 g/mol. The lowest BCUT2D eigenvalue weighted by Crippen LogP contribution is -2.49. The molecule has 4 rings (SSSR count). The van der Waals surface area contributed by atoms with E-state index >= 15 is 0 Å². The van der Waals surface area contributed by atoms with Crippen molar-refractivity contribution >= 4 is 11.8 Å². The number of hydrogen-bond donors (Lipinski definition) is 2. The molecule has 3 aliphatic heterocycles. The first-order valence-corrected chi connectivity index (χ1v) is 10.1. The van der Waals surface area contributed by atoms with Crippen molar-refractivity contribution in [2.45, 2.75) is 43.9 Å². The van der Waals surface area contributed by atoms with E-state index in [9.17, 15) is 14.7 Å². The Kier molecular flexibility index (Phi) is 6.01. The summed E-state index contributed by atoms with van der Waals surface area (Å²) >= 11 is 0. The molecular weight excluding hydrogens is 376 g/mol. The molecule has 1 saturated heterocycles. The van der Waals surface area contributed by atoms with Crippen molar-refractivity contribution in [3.63, 3.8) is 0 Å². The van der Waals surface area contributed by atoms with Crippen LogP contribution in [0.4, 0.5) is 0 Å². The van der Waals surface area contributed by atoms with E-state index in [0.29, 0.717) is 17.1 Å². The number of aliphatic hydroxyl groups is 1. The molecule has 1 aromatic carbocycles. The summed E-state index contributed by atoms with van der Waals surface area (Å²) in [6.45, 7) is 1.48. The van der Waals surface area contributed by atoms with Crippen molar-refractivity contribution < 1.29 is 28.9 Å². The van der Waals surface area contributed by atoms with Crippen molar-refractivity contribution in [2.75, 3.05) is 26.5 Å². The Labute approximate surface area is 169 Å². The zero-order valence-electron chi connectivity index (χ0n) is 16.2. The summed E-state index contributed by atoms with van der Waals surface area (Å²) in [5, 5.41) is 12.6. The predicted molar refractivity (Wildman–Crippen MR) is 104 cm³/mol. The minimum absolute atomic E-state index is 0.0684. The van der Waals surface area contributed by atoms with Crippen LogP contribution in [0.1, 0.15) is 36.0 Å². The molecular formula is C21H26N2O6. The second-order valence-electron chi connectivity index (χ2n) is 7.49. The van der Waals surface area contributed by atoms with Gasteiger partial charge in [0.05, 0.1) is 25.2 Å². The van der Waals surface area contributed by atoms with Crippen LogP contribution in [0, 0.1) is 0 Å². The number of rotatable bonds is 5. The second kappa shape index (κ2) is 8.84. The Balaban J connectivity index is 1.36. The van der Waals surface area contributed by atoms with Crippen LogP contribution in [0.2, 0.25) is 0 Å². The fourth-order valence-corrected chi connectivity index (χ4v) is 3.85. The molecule has 0 saturated carbocycles. The van der Waals surface area contributed by atoms with Gasteiger partial charge in [-0.15, -0.1) is 0 Å². The summed E-state index contributed by atoms with van der Waals surface area (Å²) in [6, 6.07) is 4.49. The molecule has 3 heterocycles. The quantitative estimate of drug-likeness (QED) is 0.719. The van der Waals surface area contributed by atoms with Gasteiger partial charge < -0.3 is 29.5 Å². The summed E-state index contributed by atoms with van der Waals surface area (Å²) in [5.41, 5.74) is 0.432. The second-order valence-corrected chi connectivity index (χ2v) is 7.49. The molecule has 2 N–H and O–H groups in total. The summed E-state index contributed by atoms with van der Waals surface area (Å²) in [4.78, 5) is 26.9. The Morgan fingerprint density at radius 1 is 1.10 bits per heavy atom. The Morgan fingerprint density at radius 2 is 1.90 bits per heavy atom. The van der Waals surface area contributed by atoms with Crippen LogP contribution >= 0.6 is 0 Å². The third kappa shape index (κ3) is 4.54. The van der Waals surface area contributed by atoms with E-state index < -0.39 is 18.2 Å². The molecule has 0 unspecified atom stereocenters. The number of likely N-dealkylation sites (tertiary alicyclic amines) is 1. The number of aliphatic hydroxyl groups excluding tert-OH is 1. The number of ether oxygens (including phenoxy) is 3. The van der Waals surface area contributed by atoms with Crippen LogP contribution in [-0.4, -0.2) is 66.6 Å². The number of benzene rings is 1. The Bertz CT molecular complexity index is 789. The predicted octanol–water partition coefficient (Wildman–Crippen LogP) is 1.23. The molecule has 2 amide bonds. The zero-order chi connectivity index (χ0) is 20.2. The van der Waals surface area contributed by atoms with Gasteiger partial charge in [-0.05, 0) is 37.5 Å². The lowest BCUT2D eigenvalue weighted by atomic mass is 10.0. The highest BCUT2D eigenvalue weighted by Crippen LogP contribution is 2.32. The molecule has 29 heavy (non-hydrogen) atoms. The fraction of sp³-hybridized carbons (Fsp3) is 0.524. The lowest BCUT2D eigenvalue weighted by molar-refractivity contribution is -0.136. The van der Waals surface area contributed by atoms with Crippen molar-refractivity contribution in [1.29, 1.82) is 0 Å². The minimum atomic E-state index is -0.614. The first kappa shape index (κ1) is 19.7. The van der Waals surface area contributed by atoms with Crippen molar-refractivity contribution in [3.05, 3.63) is 35.9 Å². The zero-order valence-corrected chi connectivity index (χ0v) is 16.2. The van der Waals surface area contributed by atoms with Crippen molar-refractivity contribution in [1.82, 2.24) is 10.2 Å². The number of nitrogens with zero attached hydrogens (tertiary/aromatic N) is 1. The summed E-state index contributed by atoms with van der Waals surface area (Å²) < 4.78 is 16.4. The normalized spacial score (nSPS) is 25.7. The van der Waals surface area contributed by atoms with Gasteiger partial charge in [0, 0.05) is 18.7 Å². The Hall–Kier alpha value is -2.58. The van der Waals surface area contributed by atoms with E-state index in [-0.39, 0.29) is 31.6 Å². The van der Waals surface area contributed by atoms with Gasteiger partial charge in [-0.25, -0.2) is 0 Å². The molecule has 1 fully saturated rings. The van der Waals surface area contributed by atoms with Gasteiger partial charge in [0.25, 0.3) is 5.91 Å². The van der Waals surface area contributed by atoms with Gasteiger partial charge >= 0.3 is 0 Å². The first-order chi connectivity index (χ1) is 14.1. The van der Waals surface area contributed by atoms with Crippen LogP contribution in [0.25, 0.3) is 0 Å². The van der Waals surface area contributed by atoms with E-state index in [1.165, 1.54) is 6.42 Å². The molecule has 8 heteroatoms. The number of fused-ring (bicyclic) bond motifs is 1. The maximum Gasteiger partial charge on any atom is 0.251 e. The van der Waals surface area contributed by atoms with Crippen molar-refractivity contribution in [3.8, 4) is 11.5 Å². The number of hydrogen-bond acceptors (Lipinski definition) is 6. The summed E-state index contributed by atoms with van der Waals surface area (Å²) in [6.07, 6.45) is 6.07. The van der Waals surface area contributed by atoms with Gasteiger partial charge in [-0.1, -0.05) is 12.2 Å². The van der Waals surface area contributed by atoms with E-state index in [0.717, 1.165) is 25.9 Å². The monoisotopic (exact) mass is 402 g/mol. The highest BCUT2D eigenvalue weighted by Gasteiger charge is 2.30. The SMILES string of the molecule is O=C(N[C@H]1C=C[C@H](CC(=O)N2CCCCC2)O[C@H]1CO)c1ccc2c(c1)OCO2. The fourth-order valence-electron chi connectivity index (χ4n) is 3.85. The lowest BCUT2D eigenvalue weighted by Gasteiger charge is -2.33. The molecule has 0 aliphatic carbocycles. The van der Waals surface area contributed by atoms with Crippen LogP contribution in [-0.2, 0) is 9.53 Å². The van der Waals surface area contributed by atoms with E-state index in [4.69, 9.17) is 14.2 Å². The van der Waals surface area contributed by atoms with Gasteiger partial charge in [0.2, 0.25) is 12.7 Å². The molecule has 3 atom stereocenters. The average Bonchev–Trinajstić information content (AvgIpc) is 3.23. The van der Waals surface area contributed by atoms with Crippen LogP contribution < -0.4 is 14.8 Å². The molecule has 0 spiro atoms. The standard InChI is InChI=1S/C21H26N2O6/c24-12-19-16(22-21(26)14-4-7-17-18(10-14)28-13-27-17)6-5-15(29-19)11-20(25)23-8-2-1-3-9-23/h4-7,10,15-16,19,24H,1-3,8-9,11-13H2,(H,22,26)/t15-,16+,19+/m1/s1. The van der Waals surface area contributed by atoms with E-state index in [2.05, 4.69) is 5.32 Å². The molecule has 156 valence electrons. The number of piperidine rings is 1. The third-order valence-electron chi connectivity index (χ3n) is 5.48. The molecule has 1 aromatic rings. The van der Waals surface area contributed by atoms with E-state index in [1.807, 2.05) is 4.90 Å². The van der Waals surface area contributed by atoms with Crippen LogP contribution in [0.3, 0.4) is 0 Å². The number of carbonyl (C=O) groups is 2. The maximum atomic E-state index is 12.6. The number of nitrogens with one attached hydrogen (secondary N) is 1. The summed E-state index contributed by atoms with van der Waals surface area (Å²) in [7, 11) is 0. The van der Waals surface area contributed by atoms with E-state index in [1.54, 1.807) is 30.4 Å². The highest BCUT2D eigenvalue weighted by molar-refractivity contribution is 5.95. The summed E-state index contributed by atoms with van der Waals surface area (Å²) in [5.74, 6) is 0.904. The largest absolute Gasteiger partial charge is 0.454 e.